The van der Waals surface area contributed by atoms with Crippen LogP contribution in [0.5, 0.6) is 0 Å². The molecule has 0 N–H and O–H groups in total. The molecular formula is C25H30N2O2S. The van der Waals surface area contributed by atoms with Crippen LogP contribution in [0.4, 0.5) is 0 Å². The number of carbonyl (C=O) groups is 1. The van der Waals surface area contributed by atoms with Gasteiger partial charge in [0.15, 0.2) is 0 Å². The van der Waals surface area contributed by atoms with E-state index in [2.05, 4.69) is 35.4 Å². The third kappa shape index (κ3) is 3.62. The molecule has 1 aliphatic carbocycles. The van der Waals surface area contributed by atoms with Crippen LogP contribution in [-0.4, -0.2) is 34.7 Å². The third-order valence-corrected chi connectivity index (χ3v) is 8.00. The summed E-state index contributed by atoms with van der Waals surface area (Å²) in [5.74, 6) is 1.21. The summed E-state index contributed by atoms with van der Waals surface area (Å²) in [5.41, 5.74) is 3.54. The number of likely N-dealkylation sites (tertiary alicyclic amines) is 1. The summed E-state index contributed by atoms with van der Waals surface area (Å²) in [6.45, 7) is 2.30. The summed E-state index contributed by atoms with van der Waals surface area (Å²) in [7, 11) is 0. The quantitative estimate of drug-likeness (QED) is 0.670. The van der Waals surface area contributed by atoms with E-state index in [1.165, 1.54) is 24.2 Å². The topological polar surface area (TPSA) is 42.3 Å². The molecule has 0 spiro atoms. The van der Waals surface area contributed by atoms with Crippen LogP contribution in [0.15, 0.2) is 46.1 Å². The number of rotatable bonds is 3. The molecule has 1 aromatic carbocycles. The first-order chi connectivity index (χ1) is 14.6. The van der Waals surface area contributed by atoms with Crippen LogP contribution in [0.3, 0.4) is 0 Å². The van der Waals surface area contributed by atoms with Crippen LogP contribution in [0.2, 0.25) is 0 Å². The van der Waals surface area contributed by atoms with E-state index in [4.69, 9.17) is 0 Å². The Bertz CT molecular complexity index is 991. The van der Waals surface area contributed by atoms with E-state index in [9.17, 15) is 9.59 Å². The number of aromatic nitrogens is 1. The van der Waals surface area contributed by atoms with Crippen molar-refractivity contribution >= 4 is 17.7 Å². The van der Waals surface area contributed by atoms with E-state index in [-0.39, 0.29) is 17.4 Å². The van der Waals surface area contributed by atoms with Crippen molar-refractivity contribution in [3.05, 3.63) is 52.4 Å². The summed E-state index contributed by atoms with van der Waals surface area (Å²) in [6, 6.07) is 12.3. The highest BCUT2D eigenvalue weighted by Crippen LogP contribution is 2.41. The Hall–Kier alpha value is -2.01. The van der Waals surface area contributed by atoms with Gasteiger partial charge in [-0.25, -0.2) is 0 Å². The number of pyridine rings is 1. The van der Waals surface area contributed by atoms with Gasteiger partial charge in [0.1, 0.15) is 0 Å². The number of fused-ring (bicyclic) bond motifs is 4. The standard InChI is InChI=1S/C25H30N2O2S/c1-30-21-9-7-18(8-10-21)22-11-12-23(28)27-15-17-13-20(24(22)27)16-26(14-17)25(29)19-5-3-2-4-6-19/h7-12,17,19-20H,2-6,13-16H2,1H3/t17-,20+/m0/s1. The van der Waals surface area contributed by atoms with Gasteiger partial charge >= 0.3 is 0 Å². The van der Waals surface area contributed by atoms with Gasteiger partial charge in [-0.2, -0.15) is 0 Å². The number of hydrogen-bond acceptors (Lipinski definition) is 3. The molecule has 1 aromatic heterocycles. The van der Waals surface area contributed by atoms with Gasteiger partial charge < -0.3 is 9.47 Å². The van der Waals surface area contributed by atoms with E-state index in [1.807, 2.05) is 10.6 Å². The molecule has 3 aliphatic rings. The molecule has 1 amide bonds. The lowest BCUT2D eigenvalue weighted by Gasteiger charge is -2.44. The zero-order chi connectivity index (χ0) is 20.7. The summed E-state index contributed by atoms with van der Waals surface area (Å²) < 4.78 is 2.00. The second-order valence-electron chi connectivity index (χ2n) is 9.19. The Balaban J connectivity index is 1.48. The summed E-state index contributed by atoms with van der Waals surface area (Å²) in [4.78, 5) is 29.3. The van der Waals surface area contributed by atoms with Gasteiger partial charge in [0.05, 0.1) is 0 Å². The molecule has 2 bridgehead atoms. The molecule has 30 heavy (non-hydrogen) atoms. The number of hydrogen-bond donors (Lipinski definition) is 0. The van der Waals surface area contributed by atoms with Crippen LogP contribution in [-0.2, 0) is 11.3 Å². The maximum atomic E-state index is 13.2. The van der Waals surface area contributed by atoms with Gasteiger partial charge in [-0.05, 0) is 55.2 Å². The smallest absolute Gasteiger partial charge is 0.250 e. The zero-order valence-electron chi connectivity index (χ0n) is 17.7. The molecule has 5 heteroatoms. The second-order valence-corrected chi connectivity index (χ2v) is 10.1. The fraction of sp³-hybridized carbons (Fsp3) is 0.520. The Morgan fingerprint density at radius 3 is 2.47 bits per heavy atom. The molecule has 3 heterocycles. The van der Waals surface area contributed by atoms with Crippen molar-refractivity contribution < 1.29 is 4.79 Å². The van der Waals surface area contributed by atoms with Crippen molar-refractivity contribution in [3.63, 3.8) is 0 Å². The molecule has 2 aromatic rings. The van der Waals surface area contributed by atoms with Crippen molar-refractivity contribution in [2.75, 3.05) is 19.3 Å². The normalized spacial score (nSPS) is 23.8. The molecule has 158 valence electrons. The summed E-state index contributed by atoms with van der Waals surface area (Å²) >= 11 is 1.74. The second kappa shape index (κ2) is 8.26. The summed E-state index contributed by atoms with van der Waals surface area (Å²) in [5, 5.41) is 0. The maximum absolute atomic E-state index is 13.2. The molecule has 4 nitrogen and oxygen atoms in total. The third-order valence-electron chi connectivity index (χ3n) is 7.26. The number of piperidine rings is 1. The minimum absolute atomic E-state index is 0.0937. The lowest BCUT2D eigenvalue weighted by Crippen LogP contribution is -2.51. The van der Waals surface area contributed by atoms with Crippen molar-refractivity contribution in [3.8, 4) is 11.1 Å². The summed E-state index contributed by atoms with van der Waals surface area (Å²) in [6.07, 6.45) is 8.90. The lowest BCUT2D eigenvalue weighted by atomic mass is 9.79. The van der Waals surface area contributed by atoms with Gasteiger partial charge in [0.2, 0.25) is 5.91 Å². The van der Waals surface area contributed by atoms with Crippen LogP contribution in [0.1, 0.15) is 50.1 Å². The van der Waals surface area contributed by atoms with Crippen LogP contribution in [0, 0.1) is 11.8 Å². The average molecular weight is 423 g/mol. The first-order valence-corrected chi connectivity index (χ1v) is 12.5. The molecule has 5 rings (SSSR count). The largest absolute Gasteiger partial charge is 0.341 e. The Labute approximate surface area is 182 Å². The predicted molar refractivity (Wildman–Crippen MR) is 122 cm³/mol. The number of nitrogens with zero attached hydrogens (tertiary/aromatic N) is 2. The Morgan fingerprint density at radius 1 is 0.967 bits per heavy atom. The number of carbonyl (C=O) groups excluding carboxylic acids is 1. The number of amides is 1. The van der Waals surface area contributed by atoms with Crippen molar-refractivity contribution in [2.45, 2.75) is 55.9 Å². The fourth-order valence-electron chi connectivity index (χ4n) is 5.82. The van der Waals surface area contributed by atoms with Gasteiger partial charge in [-0.15, -0.1) is 11.8 Å². The fourth-order valence-corrected chi connectivity index (χ4v) is 6.23. The molecule has 2 fully saturated rings. The van der Waals surface area contributed by atoms with Gasteiger partial charge in [0, 0.05) is 53.7 Å². The van der Waals surface area contributed by atoms with E-state index in [0.717, 1.165) is 55.7 Å². The lowest BCUT2D eigenvalue weighted by molar-refractivity contribution is -0.139. The molecule has 0 unspecified atom stereocenters. The number of benzene rings is 1. The zero-order valence-corrected chi connectivity index (χ0v) is 18.5. The highest BCUT2D eigenvalue weighted by atomic mass is 32.2. The van der Waals surface area contributed by atoms with Crippen molar-refractivity contribution in [1.82, 2.24) is 9.47 Å². The molecule has 1 saturated heterocycles. The molecular weight excluding hydrogens is 392 g/mol. The average Bonchev–Trinajstić information content (AvgIpc) is 2.80. The van der Waals surface area contributed by atoms with Crippen LogP contribution < -0.4 is 5.56 Å². The minimum atomic E-state index is 0.0937. The van der Waals surface area contributed by atoms with Crippen molar-refractivity contribution in [1.29, 1.82) is 0 Å². The molecule has 2 aliphatic heterocycles. The van der Waals surface area contributed by atoms with Crippen LogP contribution >= 0.6 is 11.8 Å². The van der Waals surface area contributed by atoms with Crippen LogP contribution in [0.25, 0.3) is 11.1 Å². The Morgan fingerprint density at radius 2 is 1.73 bits per heavy atom. The van der Waals surface area contributed by atoms with Gasteiger partial charge in [0.25, 0.3) is 5.56 Å². The first kappa shape index (κ1) is 19.9. The van der Waals surface area contributed by atoms with E-state index in [1.54, 1.807) is 17.8 Å². The molecule has 2 atom stereocenters. The first-order valence-electron chi connectivity index (χ1n) is 11.3. The maximum Gasteiger partial charge on any atom is 0.250 e. The number of thioether (sulfide) groups is 1. The highest BCUT2D eigenvalue weighted by molar-refractivity contribution is 7.98. The monoisotopic (exact) mass is 422 g/mol. The highest BCUT2D eigenvalue weighted by Gasteiger charge is 2.39. The molecule has 0 radical (unpaired) electrons. The molecule has 1 saturated carbocycles. The van der Waals surface area contributed by atoms with Gasteiger partial charge in [-0.1, -0.05) is 31.4 Å². The SMILES string of the molecule is CSc1ccc(-c2ccc(=O)n3c2[C@@H]2C[C@@H](CN(C(=O)C4CCCCC4)C2)C3)cc1. The Kier molecular flexibility index (Phi) is 5.48. The van der Waals surface area contributed by atoms with Gasteiger partial charge in [-0.3, -0.25) is 9.59 Å². The van der Waals surface area contributed by atoms with E-state index in [0.29, 0.717) is 11.8 Å². The van der Waals surface area contributed by atoms with E-state index >= 15 is 0 Å². The predicted octanol–water partition coefficient (Wildman–Crippen LogP) is 4.76. The van der Waals surface area contributed by atoms with Crippen molar-refractivity contribution in [2.24, 2.45) is 11.8 Å². The minimum Gasteiger partial charge on any atom is -0.341 e. The van der Waals surface area contributed by atoms with E-state index < -0.39 is 0 Å².